The molecule has 23 heavy (non-hydrogen) atoms. The van der Waals surface area contributed by atoms with E-state index in [1.165, 1.54) is 0 Å². The molecule has 2 N–H and O–H groups in total. The summed E-state index contributed by atoms with van der Waals surface area (Å²) in [7, 11) is 0. The highest BCUT2D eigenvalue weighted by molar-refractivity contribution is 6.01. The van der Waals surface area contributed by atoms with Crippen molar-refractivity contribution >= 4 is 22.6 Å². The Labute approximate surface area is 134 Å². The molecule has 3 aromatic carbocycles. The summed E-state index contributed by atoms with van der Waals surface area (Å²) >= 11 is 0. The van der Waals surface area contributed by atoms with Gasteiger partial charge in [0.15, 0.2) is 0 Å². The molecule has 4 heteroatoms. The van der Waals surface area contributed by atoms with Gasteiger partial charge in [0.1, 0.15) is 0 Å². The lowest BCUT2D eigenvalue weighted by molar-refractivity contribution is 0.0846. The van der Waals surface area contributed by atoms with Crippen molar-refractivity contribution < 1.29 is 9.59 Å². The minimum absolute atomic E-state index is 0.336. The molecule has 0 saturated heterocycles. The predicted molar refractivity (Wildman–Crippen MR) is 90.1 cm³/mol. The number of fused-ring (bicyclic) bond motifs is 1. The number of amides is 2. The van der Waals surface area contributed by atoms with Gasteiger partial charge >= 0.3 is 0 Å². The molecule has 4 nitrogen and oxygen atoms in total. The summed E-state index contributed by atoms with van der Waals surface area (Å²) in [6, 6.07) is 20.4. The van der Waals surface area contributed by atoms with Crippen molar-refractivity contribution in [2.75, 3.05) is 0 Å². The molecule has 0 radical (unpaired) electrons. The Morgan fingerprint density at radius 2 is 1.39 bits per heavy atom. The summed E-state index contributed by atoms with van der Waals surface area (Å²) in [6.45, 7) is 1.85. The molecule has 0 aliphatic carbocycles. The first-order valence-corrected chi connectivity index (χ1v) is 7.30. The van der Waals surface area contributed by atoms with Crippen LogP contribution in [0.2, 0.25) is 0 Å². The Morgan fingerprint density at radius 1 is 0.739 bits per heavy atom. The number of hydrogen-bond donors (Lipinski definition) is 2. The molecule has 0 spiro atoms. The van der Waals surface area contributed by atoms with Crippen molar-refractivity contribution in [3.63, 3.8) is 0 Å². The molecule has 0 aliphatic heterocycles. The summed E-state index contributed by atoms with van der Waals surface area (Å²) in [5.74, 6) is -0.685. The van der Waals surface area contributed by atoms with Crippen molar-refractivity contribution in [1.29, 1.82) is 0 Å². The lowest BCUT2D eigenvalue weighted by Crippen LogP contribution is -2.41. The number of benzene rings is 3. The fourth-order valence-electron chi connectivity index (χ4n) is 2.41. The molecule has 3 rings (SSSR count). The Balaban J connectivity index is 1.71. The molecule has 114 valence electrons. The molecule has 0 atom stereocenters. The molecular formula is C19H16N2O2. The molecule has 0 bridgehead atoms. The first-order chi connectivity index (χ1) is 11.1. The van der Waals surface area contributed by atoms with E-state index in [-0.39, 0.29) is 11.8 Å². The van der Waals surface area contributed by atoms with Crippen LogP contribution < -0.4 is 10.9 Å². The van der Waals surface area contributed by atoms with E-state index in [9.17, 15) is 9.59 Å². The van der Waals surface area contributed by atoms with E-state index in [1.807, 2.05) is 49.4 Å². The molecule has 0 heterocycles. The number of aryl methyl sites for hydroxylation is 1. The van der Waals surface area contributed by atoms with Crippen LogP contribution in [0.15, 0.2) is 66.7 Å². The number of hydrazine groups is 1. The lowest BCUT2D eigenvalue weighted by atomic mass is 10.1. The van der Waals surface area contributed by atoms with Gasteiger partial charge in [0, 0.05) is 11.1 Å². The van der Waals surface area contributed by atoms with Gasteiger partial charge in [0.25, 0.3) is 11.8 Å². The topological polar surface area (TPSA) is 58.2 Å². The maximum absolute atomic E-state index is 12.2. The maximum atomic E-state index is 12.2. The first kappa shape index (κ1) is 14.8. The second-order valence-corrected chi connectivity index (χ2v) is 5.29. The van der Waals surface area contributed by atoms with E-state index in [0.29, 0.717) is 11.1 Å². The van der Waals surface area contributed by atoms with Crippen LogP contribution in [0.5, 0.6) is 0 Å². The Hall–Kier alpha value is -3.14. The molecule has 2 amide bonds. The SMILES string of the molecule is Cc1ccccc1C(=O)NNC(=O)c1ccc2ccccc2c1. The van der Waals surface area contributed by atoms with Crippen LogP contribution in [-0.2, 0) is 0 Å². The van der Waals surface area contributed by atoms with Gasteiger partial charge in [-0.25, -0.2) is 0 Å². The van der Waals surface area contributed by atoms with Crippen LogP contribution in [0, 0.1) is 6.92 Å². The third-order valence-electron chi connectivity index (χ3n) is 3.69. The number of hydrogen-bond acceptors (Lipinski definition) is 2. The Morgan fingerprint density at radius 3 is 2.17 bits per heavy atom. The normalized spacial score (nSPS) is 10.3. The maximum Gasteiger partial charge on any atom is 0.269 e. The number of carbonyl (C=O) groups is 2. The van der Waals surface area contributed by atoms with Gasteiger partial charge in [-0.05, 0) is 41.5 Å². The van der Waals surface area contributed by atoms with Gasteiger partial charge in [-0.2, -0.15) is 0 Å². The smallest absolute Gasteiger partial charge is 0.267 e. The first-order valence-electron chi connectivity index (χ1n) is 7.30. The highest BCUT2D eigenvalue weighted by Crippen LogP contribution is 2.15. The Kier molecular flexibility index (Phi) is 4.06. The van der Waals surface area contributed by atoms with Gasteiger partial charge in [-0.3, -0.25) is 20.4 Å². The van der Waals surface area contributed by atoms with E-state index in [1.54, 1.807) is 24.3 Å². The minimum Gasteiger partial charge on any atom is -0.267 e. The standard InChI is InChI=1S/C19H16N2O2/c1-13-6-2-5-9-17(13)19(23)21-20-18(22)16-11-10-14-7-3-4-8-15(14)12-16/h2-12H,1H3,(H,20,22)(H,21,23). The van der Waals surface area contributed by atoms with Gasteiger partial charge in [-0.15, -0.1) is 0 Å². The largest absolute Gasteiger partial charge is 0.269 e. The molecule has 0 unspecified atom stereocenters. The Bertz CT molecular complexity index is 887. The van der Waals surface area contributed by atoms with E-state index in [2.05, 4.69) is 10.9 Å². The van der Waals surface area contributed by atoms with Crippen molar-refractivity contribution in [3.05, 3.63) is 83.4 Å². The highest BCUT2D eigenvalue weighted by Gasteiger charge is 2.11. The predicted octanol–water partition coefficient (Wildman–Crippen LogP) is 3.22. The van der Waals surface area contributed by atoms with E-state index < -0.39 is 0 Å². The second-order valence-electron chi connectivity index (χ2n) is 5.29. The van der Waals surface area contributed by atoms with E-state index in [0.717, 1.165) is 16.3 Å². The molecule has 0 aliphatic rings. The van der Waals surface area contributed by atoms with E-state index in [4.69, 9.17) is 0 Å². The summed E-state index contributed by atoms with van der Waals surface area (Å²) in [4.78, 5) is 24.3. The number of rotatable bonds is 2. The van der Waals surface area contributed by atoms with E-state index >= 15 is 0 Å². The minimum atomic E-state index is -0.349. The number of carbonyl (C=O) groups excluding carboxylic acids is 2. The second kappa shape index (κ2) is 6.32. The van der Waals surface area contributed by atoms with Crippen LogP contribution in [-0.4, -0.2) is 11.8 Å². The van der Waals surface area contributed by atoms with Gasteiger partial charge < -0.3 is 0 Å². The average molecular weight is 304 g/mol. The zero-order valence-corrected chi connectivity index (χ0v) is 12.7. The fourth-order valence-corrected chi connectivity index (χ4v) is 2.41. The lowest BCUT2D eigenvalue weighted by Gasteiger charge is -2.09. The summed E-state index contributed by atoms with van der Waals surface area (Å²) in [5.41, 5.74) is 6.78. The van der Waals surface area contributed by atoms with Crippen LogP contribution >= 0.6 is 0 Å². The third-order valence-corrected chi connectivity index (χ3v) is 3.69. The zero-order valence-electron chi connectivity index (χ0n) is 12.7. The fraction of sp³-hybridized carbons (Fsp3) is 0.0526. The summed E-state index contributed by atoms with van der Waals surface area (Å²) < 4.78 is 0. The molecule has 0 aromatic heterocycles. The van der Waals surface area contributed by atoms with Crippen molar-refractivity contribution in [3.8, 4) is 0 Å². The third kappa shape index (κ3) is 3.21. The summed E-state index contributed by atoms with van der Waals surface area (Å²) in [5, 5.41) is 2.04. The van der Waals surface area contributed by atoms with Crippen molar-refractivity contribution in [2.24, 2.45) is 0 Å². The quantitative estimate of drug-likeness (QED) is 0.714. The van der Waals surface area contributed by atoms with Crippen molar-refractivity contribution in [1.82, 2.24) is 10.9 Å². The summed E-state index contributed by atoms with van der Waals surface area (Å²) in [6.07, 6.45) is 0. The van der Waals surface area contributed by atoms with Crippen molar-refractivity contribution in [2.45, 2.75) is 6.92 Å². The monoisotopic (exact) mass is 304 g/mol. The van der Waals surface area contributed by atoms with Gasteiger partial charge in [0.2, 0.25) is 0 Å². The molecule has 0 fully saturated rings. The molecular weight excluding hydrogens is 288 g/mol. The highest BCUT2D eigenvalue weighted by atomic mass is 16.2. The van der Waals surface area contributed by atoms with Crippen LogP contribution in [0.3, 0.4) is 0 Å². The number of nitrogens with one attached hydrogen (secondary N) is 2. The van der Waals surface area contributed by atoms with Gasteiger partial charge in [0.05, 0.1) is 0 Å². The molecule has 0 saturated carbocycles. The van der Waals surface area contributed by atoms with Gasteiger partial charge in [-0.1, -0.05) is 48.5 Å². The molecule has 3 aromatic rings. The zero-order chi connectivity index (χ0) is 16.2. The van der Waals surface area contributed by atoms with Crippen LogP contribution in [0.1, 0.15) is 26.3 Å². The average Bonchev–Trinajstić information content (AvgIpc) is 2.59. The van der Waals surface area contributed by atoms with Crippen LogP contribution in [0.25, 0.3) is 10.8 Å². The van der Waals surface area contributed by atoms with Crippen LogP contribution in [0.4, 0.5) is 0 Å².